The molecule has 1 aromatic heterocycles. The van der Waals surface area contributed by atoms with E-state index in [-0.39, 0.29) is 11.3 Å². The monoisotopic (exact) mass is 342 g/mol. The first kappa shape index (κ1) is 13.6. The molecule has 1 heterocycles. The molecule has 0 fully saturated rings. The first-order chi connectivity index (χ1) is 8.97. The Bertz CT molecular complexity index is 658. The van der Waals surface area contributed by atoms with Gasteiger partial charge in [-0.15, -0.1) is 10.2 Å². The fourth-order valence-corrected chi connectivity index (χ4v) is 2.29. The number of aromatic nitrogens is 2. The molecule has 0 atom stereocenters. The molecule has 7 nitrogen and oxygen atoms in total. The van der Waals surface area contributed by atoms with E-state index in [1.807, 2.05) is 0 Å². The third-order valence-corrected chi connectivity index (χ3v) is 3.58. The Morgan fingerprint density at radius 1 is 1.47 bits per heavy atom. The van der Waals surface area contributed by atoms with E-state index in [4.69, 9.17) is 0 Å². The number of nitro groups is 1. The van der Waals surface area contributed by atoms with Crippen LogP contribution in [0.2, 0.25) is 0 Å². The molecule has 0 unspecified atom stereocenters. The van der Waals surface area contributed by atoms with Crippen molar-refractivity contribution >= 4 is 44.0 Å². The first-order valence-corrected chi connectivity index (χ1v) is 6.63. The van der Waals surface area contributed by atoms with Gasteiger partial charge in [0.05, 0.1) is 9.40 Å². The fraction of sp³-hybridized carbons (Fsp3) is 0.100. The van der Waals surface area contributed by atoms with Crippen molar-refractivity contribution in [3.8, 4) is 0 Å². The average molecular weight is 343 g/mol. The summed E-state index contributed by atoms with van der Waals surface area (Å²) >= 11 is 4.28. The number of carbonyl (C=O) groups excluding carboxylic acids is 1. The van der Waals surface area contributed by atoms with Crippen LogP contribution in [0.1, 0.15) is 15.4 Å². The van der Waals surface area contributed by atoms with Gasteiger partial charge in [0, 0.05) is 11.6 Å². The van der Waals surface area contributed by atoms with Gasteiger partial charge >= 0.3 is 0 Å². The second-order valence-electron chi connectivity index (χ2n) is 3.50. The van der Waals surface area contributed by atoms with E-state index in [2.05, 4.69) is 31.4 Å². The van der Waals surface area contributed by atoms with E-state index >= 15 is 0 Å². The Labute approximate surface area is 119 Å². The van der Waals surface area contributed by atoms with E-state index in [9.17, 15) is 14.9 Å². The minimum atomic E-state index is -0.560. The number of nitro benzene ring substituents is 1. The van der Waals surface area contributed by atoms with Gasteiger partial charge in [-0.2, -0.15) is 0 Å². The minimum Gasteiger partial charge on any atom is -0.296 e. The third-order valence-electron chi connectivity index (χ3n) is 2.15. The third kappa shape index (κ3) is 3.12. The van der Waals surface area contributed by atoms with Gasteiger partial charge in [-0.3, -0.25) is 20.2 Å². The van der Waals surface area contributed by atoms with E-state index < -0.39 is 10.8 Å². The Balaban J connectivity index is 2.24. The number of aryl methyl sites for hydroxylation is 1. The number of hydrogen-bond acceptors (Lipinski definition) is 6. The van der Waals surface area contributed by atoms with E-state index in [1.54, 1.807) is 6.92 Å². The maximum Gasteiger partial charge on any atom is 0.284 e. The van der Waals surface area contributed by atoms with Crippen LogP contribution in [0, 0.1) is 17.0 Å². The SMILES string of the molecule is Cc1nnc(NC(=O)c2ccc(Br)c([N+](=O)[O-])c2)s1. The number of nitrogens with one attached hydrogen (secondary N) is 1. The molecule has 19 heavy (non-hydrogen) atoms. The summed E-state index contributed by atoms with van der Waals surface area (Å²) in [5.74, 6) is -0.466. The molecule has 1 aromatic carbocycles. The van der Waals surface area contributed by atoms with E-state index in [0.717, 1.165) is 5.01 Å². The average Bonchev–Trinajstić information content (AvgIpc) is 2.74. The lowest BCUT2D eigenvalue weighted by Crippen LogP contribution is -2.12. The van der Waals surface area contributed by atoms with Crippen LogP contribution in [0.5, 0.6) is 0 Å². The topological polar surface area (TPSA) is 98.0 Å². The van der Waals surface area contributed by atoms with Gasteiger partial charge in [0.1, 0.15) is 5.01 Å². The number of hydrogen-bond donors (Lipinski definition) is 1. The summed E-state index contributed by atoms with van der Waals surface area (Å²) < 4.78 is 0.320. The van der Waals surface area contributed by atoms with E-state index in [0.29, 0.717) is 9.60 Å². The molecule has 0 saturated carbocycles. The summed E-state index contributed by atoms with van der Waals surface area (Å²) in [6.07, 6.45) is 0. The Morgan fingerprint density at radius 2 is 2.21 bits per heavy atom. The highest BCUT2D eigenvalue weighted by molar-refractivity contribution is 9.10. The predicted molar refractivity (Wildman–Crippen MR) is 73.4 cm³/mol. The summed E-state index contributed by atoms with van der Waals surface area (Å²) in [7, 11) is 0. The second kappa shape index (κ2) is 5.41. The molecule has 98 valence electrons. The van der Waals surface area contributed by atoms with Crippen molar-refractivity contribution in [1.29, 1.82) is 0 Å². The maximum absolute atomic E-state index is 11.9. The zero-order valence-corrected chi connectivity index (χ0v) is 12.0. The van der Waals surface area contributed by atoms with Gasteiger partial charge in [0.2, 0.25) is 5.13 Å². The summed E-state index contributed by atoms with van der Waals surface area (Å²) in [4.78, 5) is 22.1. The number of nitrogens with zero attached hydrogens (tertiary/aromatic N) is 3. The minimum absolute atomic E-state index is 0.166. The van der Waals surface area contributed by atoms with E-state index in [1.165, 1.54) is 29.5 Å². The van der Waals surface area contributed by atoms with Crippen molar-refractivity contribution in [2.75, 3.05) is 5.32 Å². The van der Waals surface area contributed by atoms with Gasteiger partial charge in [0.25, 0.3) is 11.6 Å². The highest BCUT2D eigenvalue weighted by Crippen LogP contribution is 2.26. The molecule has 1 amide bonds. The summed E-state index contributed by atoms with van der Waals surface area (Å²) in [6.45, 7) is 1.76. The molecule has 0 aliphatic carbocycles. The first-order valence-electron chi connectivity index (χ1n) is 5.03. The lowest BCUT2D eigenvalue weighted by atomic mass is 10.2. The highest BCUT2D eigenvalue weighted by atomic mass is 79.9. The van der Waals surface area contributed by atoms with Gasteiger partial charge in [-0.05, 0) is 35.0 Å². The molecule has 0 saturated heterocycles. The number of carbonyl (C=O) groups is 1. The largest absolute Gasteiger partial charge is 0.296 e. The van der Waals surface area contributed by atoms with Crippen molar-refractivity contribution in [2.45, 2.75) is 6.92 Å². The van der Waals surface area contributed by atoms with Gasteiger partial charge in [-0.1, -0.05) is 11.3 Å². The van der Waals surface area contributed by atoms with Crippen LogP contribution in [0.4, 0.5) is 10.8 Å². The van der Waals surface area contributed by atoms with Crippen LogP contribution in [-0.2, 0) is 0 Å². The molecule has 2 rings (SSSR count). The number of halogens is 1. The molecule has 0 bridgehead atoms. The van der Waals surface area contributed by atoms with Gasteiger partial charge in [0.15, 0.2) is 0 Å². The van der Waals surface area contributed by atoms with Crippen LogP contribution in [0.25, 0.3) is 0 Å². The Morgan fingerprint density at radius 3 is 2.79 bits per heavy atom. The quantitative estimate of drug-likeness (QED) is 0.683. The van der Waals surface area contributed by atoms with Crippen LogP contribution in [0.15, 0.2) is 22.7 Å². The Kier molecular flexibility index (Phi) is 3.86. The molecular formula is C10H7BrN4O3S. The van der Waals surface area contributed by atoms with Gasteiger partial charge < -0.3 is 0 Å². The Hall–Kier alpha value is -1.87. The summed E-state index contributed by atoms with van der Waals surface area (Å²) in [6, 6.07) is 4.14. The molecule has 0 aliphatic heterocycles. The molecule has 2 aromatic rings. The van der Waals surface area contributed by atoms with Crippen LogP contribution >= 0.6 is 27.3 Å². The van der Waals surface area contributed by atoms with Crippen molar-refractivity contribution in [2.24, 2.45) is 0 Å². The second-order valence-corrected chi connectivity index (χ2v) is 5.54. The van der Waals surface area contributed by atoms with Crippen molar-refractivity contribution < 1.29 is 9.72 Å². The van der Waals surface area contributed by atoms with Crippen molar-refractivity contribution in [3.05, 3.63) is 43.4 Å². The molecule has 0 radical (unpaired) electrons. The normalized spacial score (nSPS) is 10.2. The molecule has 0 spiro atoms. The van der Waals surface area contributed by atoms with Gasteiger partial charge in [-0.25, -0.2) is 0 Å². The van der Waals surface area contributed by atoms with Crippen LogP contribution in [-0.4, -0.2) is 21.0 Å². The maximum atomic E-state index is 11.9. The highest BCUT2D eigenvalue weighted by Gasteiger charge is 2.16. The predicted octanol–water partition coefficient (Wildman–Crippen LogP) is 2.77. The fourth-order valence-electron chi connectivity index (χ4n) is 1.31. The summed E-state index contributed by atoms with van der Waals surface area (Å²) in [5.41, 5.74) is 0.0175. The van der Waals surface area contributed by atoms with Crippen LogP contribution < -0.4 is 5.32 Å². The molecule has 1 N–H and O–H groups in total. The van der Waals surface area contributed by atoms with Crippen LogP contribution in [0.3, 0.4) is 0 Å². The van der Waals surface area contributed by atoms with Crippen molar-refractivity contribution in [3.63, 3.8) is 0 Å². The van der Waals surface area contributed by atoms with Crippen molar-refractivity contribution in [1.82, 2.24) is 10.2 Å². The number of rotatable bonds is 3. The lowest BCUT2D eigenvalue weighted by molar-refractivity contribution is -0.385. The molecular weight excluding hydrogens is 336 g/mol. The number of anilines is 1. The number of benzene rings is 1. The lowest BCUT2D eigenvalue weighted by Gasteiger charge is -2.02. The standard InChI is InChI=1S/C10H7BrN4O3S/c1-5-13-14-10(19-5)12-9(16)6-2-3-7(11)8(4-6)15(17)18/h2-4H,1H3,(H,12,14,16). The zero-order chi connectivity index (χ0) is 14.0. The smallest absolute Gasteiger partial charge is 0.284 e. The number of amides is 1. The molecule has 0 aliphatic rings. The summed E-state index contributed by atoms with van der Waals surface area (Å²) in [5, 5.41) is 21.9. The molecule has 9 heteroatoms. The zero-order valence-electron chi connectivity index (χ0n) is 9.58.